The van der Waals surface area contributed by atoms with Crippen LogP contribution in [0.2, 0.25) is 0 Å². The van der Waals surface area contributed by atoms with Crippen LogP contribution in [0.1, 0.15) is 64.1 Å². The number of nitriles is 1. The van der Waals surface area contributed by atoms with Gasteiger partial charge in [0.2, 0.25) is 0 Å². The first-order valence-electron chi connectivity index (χ1n) is 14.5. The first-order valence-corrected chi connectivity index (χ1v) is 14.5. The van der Waals surface area contributed by atoms with Crippen molar-refractivity contribution in [3.63, 3.8) is 0 Å². The van der Waals surface area contributed by atoms with Crippen molar-refractivity contribution in [2.24, 2.45) is 0 Å². The lowest BCUT2D eigenvalue weighted by molar-refractivity contribution is -0.133. The minimum atomic E-state index is -0.582. The van der Waals surface area contributed by atoms with Gasteiger partial charge in [-0.05, 0) is 98.4 Å². The Balaban J connectivity index is 0.00000137. The summed E-state index contributed by atoms with van der Waals surface area (Å²) in [6.45, 7) is 8.32. The van der Waals surface area contributed by atoms with Gasteiger partial charge in [0.1, 0.15) is 12.1 Å². The fraction of sp³-hybridized carbons (Fsp3) is 0.562. The lowest BCUT2D eigenvalue weighted by Gasteiger charge is -2.39. The summed E-state index contributed by atoms with van der Waals surface area (Å²) in [7, 11) is 2.23. The molecule has 2 aliphatic heterocycles. The molecule has 1 spiro atoms. The zero-order valence-corrected chi connectivity index (χ0v) is 23.4. The molecule has 2 heterocycles. The molecule has 1 aliphatic carbocycles. The lowest BCUT2D eigenvalue weighted by Crippen LogP contribution is -2.47. The zero-order valence-electron chi connectivity index (χ0n) is 23.4. The molecule has 2 aromatic rings. The molecule has 38 heavy (non-hydrogen) atoms. The molecule has 0 aromatic heterocycles. The van der Waals surface area contributed by atoms with Gasteiger partial charge < -0.3 is 20.3 Å². The van der Waals surface area contributed by atoms with Gasteiger partial charge >= 0.3 is 0 Å². The summed E-state index contributed by atoms with van der Waals surface area (Å²) in [5.41, 5.74) is 6.94. The molecule has 6 heteroatoms. The van der Waals surface area contributed by atoms with Crippen LogP contribution in [-0.4, -0.2) is 62.8 Å². The maximum atomic E-state index is 12.7. The van der Waals surface area contributed by atoms with Crippen molar-refractivity contribution in [3.8, 4) is 17.2 Å². The van der Waals surface area contributed by atoms with E-state index in [2.05, 4.69) is 71.1 Å². The summed E-state index contributed by atoms with van der Waals surface area (Å²) in [6, 6.07) is 17.1. The monoisotopic (exact) mass is 518 g/mol. The lowest BCUT2D eigenvalue weighted by atomic mass is 9.73. The number of aryl methyl sites for hydroxylation is 1. The van der Waals surface area contributed by atoms with E-state index >= 15 is 0 Å². The van der Waals surface area contributed by atoms with Gasteiger partial charge in [0, 0.05) is 21.0 Å². The Morgan fingerprint density at radius 3 is 2.63 bits per heavy atom. The number of hydrogen-bond donors (Lipinski definition) is 2. The van der Waals surface area contributed by atoms with Crippen LogP contribution >= 0.6 is 0 Å². The Morgan fingerprint density at radius 2 is 1.89 bits per heavy atom. The molecule has 5 rings (SSSR count). The van der Waals surface area contributed by atoms with Gasteiger partial charge in [-0.3, -0.25) is 4.79 Å². The molecule has 6 nitrogen and oxygen atoms in total. The summed E-state index contributed by atoms with van der Waals surface area (Å²) in [5.74, 6) is -0.214. The van der Waals surface area contributed by atoms with Crippen molar-refractivity contribution in [2.45, 2.75) is 76.4 Å². The molecular formula is C32H46N4O2. The van der Waals surface area contributed by atoms with E-state index in [1.807, 2.05) is 13.8 Å². The van der Waals surface area contributed by atoms with Gasteiger partial charge in [-0.2, -0.15) is 5.26 Å². The molecule has 2 unspecified atom stereocenters. The van der Waals surface area contributed by atoms with Gasteiger partial charge in [0.25, 0.3) is 5.91 Å². The largest absolute Gasteiger partial charge is 0.367 e. The first-order chi connectivity index (χ1) is 18.6. The normalized spacial score (nSPS) is 21.7. The summed E-state index contributed by atoms with van der Waals surface area (Å²) in [6.07, 6.45) is 6.90. The van der Waals surface area contributed by atoms with Gasteiger partial charge in [-0.25, -0.2) is 0 Å². The number of hydrogen-bond acceptors (Lipinski definition) is 5. The van der Waals surface area contributed by atoms with Crippen LogP contribution in [0.15, 0.2) is 42.5 Å². The van der Waals surface area contributed by atoms with Crippen LogP contribution in [0.25, 0.3) is 11.1 Å². The van der Waals surface area contributed by atoms with Crippen LogP contribution in [0.3, 0.4) is 0 Å². The minimum Gasteiger partial charge on any atom is -0.367 e. The van der Waals surface area contributed by atoms with Crippen LogP contribution in [-0.2, 0) is 27.8 Å². The number of nitrogens with one attached hydrogen (secondary N) is 2. The molecule has 1 amide bonds. The Bertz CT molecular complexity index is 1100. The SMILES string of the molecule is CC.CN1CCC2(CCc3ccc(-c4ccc(CC(C#N)NC(=O)C5CNCCCCO5)cc4)cc32)CC1.[HH]. The van der Waals surface area contributed by atoms with Gasteiger partial charge in [0.05, 0.1) is 6.07 Å². The van der Waals surface area contributed by atoms with Crippen LogP contribution in [0.4, 0.5) is 0 Å². The van der Waals surface area contributed by atoms with Crippen LogP contribution in [0.5, 0.6) is 0 Å². The van der Waals surface area contributed by atoms with E-state index in [1.54, 1.807) is 5.56 Å². The fourth-order valence-corrected chi connectivity index (χ4v) is 6.04. The number of carbonyl (C=O) groups excluding carboxylic acids is 1. The number of likely N-dealkylation sites (tertiary alicyclic amines) is 1. The highest BCUT2D eigenvalue weighted by atomic mass is 16.5. The van der Waals surface area contributed by atoms with E-state index in [-0.39, 0.29) is 7.33 Å². The number of nitrogens with zero attached hydrogens (tertiary/aromatic N) is 2. The third-order valence-corrected chi connectivity index (χ3v) is 8.39. The second kappa shape index (κ2) is 13.4. The molecule has 2 atom stereocenters. The molecule has 2 fully saturated rings. The molecule has 206 valence electrons. The number of piperidine rings is 1. The molecule has 0 radical (unpaired) electrons. The van der Waals surface area contributed by atoms with E-state index in [0.717, 1.165) is 24.9 Å². The summed E-state index contributed by atoms with van der Waals surface area (Å²) < 4.78 is 5.70. The number of ether oxygens (including phenoxy) is 1. The number of fused-ring (bicyclic) bond motifs is 2. The Kier molecular flexibility index (Phi) is 9.96. The number of rotatable bonds is 5. The Labute approximate surface area is 230 Å². The highest BCUT2D eigenvalue weighted by molar-refractivity contribution is 5.81. The Morgan fingerprint density at radius 1 is 1.16 bits per heavy atom. The fourth-order valence-electron chi connectivity index (χ4n) is 6.04. The minimum absolute atomic E-state index is 0. The predicted molar refractivity (Wildman–Crippen MR) is 155 cm³/mol. The highest BCUT2D eigenvalue weighted by Crippen LogP contribution is 2.47. The van der Waals surface area contributed by atoms with Crippen molar-refractivity contribution in [1.82, 2.24) is 15.5 Å². The number of benzene rings is 2. The van der Waals surface area contributed by atoms with Crippen molar-refractivity contribution < 1.29 is 11.0 Å². The van der Waals surface area contributed by atoms with E-state index in [4.69, 9.17) is 4.74 Å². The molecule has 3 aliphatic rings. The zero-order chi connectivity index (χ0) is 27.0. The molecule has 0 saturated carbocycles. The van der Waals surface area contributed by atoms with Crippen molar-refractivity contribution in [2.75, 3.05) is 39.8 Å². The molecule has 2 N–H and O–H groups in total. The standard InChI is InChI=1S/C30H38N4O2.C2H6.H2/c1-34-15-12-30(13-16-34)11-10-24-8-9-25(19-27(24)30)23-6-4-22(5-7-23)18-26(20-31)33-29(35)28-21-32-14-2-3-17-36-28;1-2;/h4-9,19,26,28,32H,2-3,10-18,21H2,1H3,(H,33,35);1-2H3;1H. The quantitative estimate of drug-likeness (QED) is 0.591. The van der Waals surface area contributed by atoms with E-state index in [9.17, 15) is 10.1 Å². The third-order valence-electron chi connectivity index (χ3n) is 8.39. The van der Waals surface area contributed by atoms with Crippen molar-refractivity contribution in [3.05, 3.63) is 59.2 Å². The second-order valence-electron chi connectivity index (χ2n) is 10.8. The van der Waals surface area contributed by atoms with Crippen molar-refractivity contribution >= 4 is 5.91 Å². The van der Waals surface area contributed by atoms with E-state index in [0.29, 0.717) is 25.0 Å². The summed E-state index contributed by atoms with van der Waals surface area (Å²) >= 11 is 0. The smallest absolute Gasteiger partial charge is 0.251 e. The third kappa shape index (κ3) is 6.64. The average molecular weight is 519 g/mol. The molecule has 2 aromatic carbocycles. The molecule has 2 saturated heterocycles. The van der Waals surface area contributed by atoms with Gasteiger partial charge in [-0.15, -0.1) is 0 Å². The molecular weight excluding hydrogens is 472 g/mol. The number of amides is 1. The van der Waals surface area contributed by atoms with Crippen molar-refractivity contribution in [1.29, 1.82) is 5.26 Å². The first kappa shape index (κ1) is 28.3. The van der Waals surface area contributed by atoms with Crippen LogP contribution < -0.4 is 10.6 Å². The maximum Gasteiger partial charge on any atom is 0.251 e. The number of carbonyl (C=O) groups is 1. The van der Waals surface area contributed by atoms with Gasteiger partial charge in [-0.1, -0.05) is 56.3 Å². The maximum absolute atomic E-state index is 12.7. The second-order valence-corrected chi connectivity index (χ2v) is 10.8. The highest BCUT2D eigenvalue weighted by Gasteiger charge is 2.40. The predicted octanol–water partition coefficient (Wildman–Crippen LogP) is 4.85. The topological polar surface area (TPSA) is 77.4 Å². The summed E-state index contributed by atoms with van der Waals surface area (Å²) in [5, 5.41) is 15.8. The van der Waals surface area contributed by atoms with Crippen LogP contribution in [0, 0.1) is 11.3 Å². The molecule has 0 bridgehead atoms. The van der Waals surface area contributed by atoms with E-state index in [1.165, 1.54) is 55.5 Å². The summed E-state index contributed by atoms with van der Waals surface area (Å²) in [4.78, 5) is 15.1. The van der Waals surface area contributed by atoms with E-state index < -0.39 is 12.1 Å². The average Bonchev–Trinajstić information content (AvgIpc) is 3.28. The van der Waals surface area contributed by atoms with Gasteiger partial charge in [0.15, 0.2) is 0 Å². The Hall–Kier alpha value is -2.72.